The highest BCUT2D eigenvalue weighted by Gasteiger charge is 2.71. The van der Waals surface area contributed by atoms with Gasteiger partial charge in [-0.3, -0.25) is 4.74 Å². The molecule has 0 aromatic carbocycles. The van der Waals surface area contributed by atoms with Crippen LogP contribution in [0, 0.1) is 0 Å². The Hall–Kier alpha value is -1.77. The number of ether oxygens (including phenoxy) is 1. The van der Waals surface area contributed by atoms with Crippen molar-refractivity contribution < 1.29 is 32.3 Å². The summed E-state index contributed by atoms with van der Waals surface area (Å²) in [5.74, 6) is 0.639. The molecular formula is C14H15F3N2O4. The highest BCUT2D eigenvalue weighted by Crippen LogP contribution is 2.68. The van der Waals surface area contributed by atoms with E-state index in [1.807, 2.05) is 0 Å². The molecule has 4 aliphatic rings. The first-order chi connectivity index (χ1) is 10.7. The maximum absolute atomic E-state index is 12.1. The number of hydrogen-bond acceptors (Lipinski definition) is 4. The number of amides is 1. The highest BCUT2D eigenvalue weighted by atomic mass is 19.4. The molecule has 0 radical (unpaired) electrons. The van der Waals surface area contributed by atoms with Gasteiger partial charge in [-0.15, -0.1) is 13.2 Å². The Labute approximate surface area is 129 Å². The molecule has 4 fully saturated rings. The number of carbonyl (C=O) groups is 1. The monoisotopic (exact) mass is 332 g/mol. The van der Waals surface area contributed by atoms with Crippen LogP contribution in [-0.2, 0) is 10.2 Å². The van der Waals surface area contributed by atoms with Crippen LogP contribution in [0.1, 0.15) is 49.5 Å². The molecular weight excluding hydrogens is 317 g/mol. The minimum atomic E-state index is -4.60. The molecule has 0 unspecified atom stereocenters. The van der Waals surface area contributed by atoms with Gasteiger partial charge in [0, 0.05) is 22.9 Å². The topological polar surface area (TPSA) is 84.6 Å². The number of aromatic nitrogens is 1. The van der Waals surface area contributed by atoms with E-state index in [-0.39, 0.29) is 29.7 Å². The lowest BCUT2D eigenvalue weighted by molar-refractivity contribution is -0.351. The van der Waals surface area contributed by atoms with Gasteiger partial charge in [0.15, 0.2) is 0 Å². The summed E-state index contributed by atoms with van der Waals surface area (Å²) >= 11 is 0. The van der Waals surface area contributed by atoms with Gasteiger partial charge in [0.25, 0.3) is 0 Å². The number of rotatable bonds is 4. The molecule has 5 rings (SSSR count). The van der Waals surface area contributed by atoms with E-state index in [0.717, 1.165) is 0 Å². The second-order valence-corrected chi connectivity index (χ2v) is 6.99. The van der Waals surface area contributed by atoms with Crippen molar-refractivity contribution in [2.24, 2.45) is 0 Å². The zero-order valence-corrected chi connectivity index (χ0v) is 12.0. The van der Waals surface area contributed by atoms with Gasteiger partial charge in [-0.25, -0.2) is 4.79 Å². The fourth-order valence-electron chi connectivity index (χ4n) is 4.23. The van der Waals surface area contributed by atoms with E-state index in [9.17, 15) is 18.0 Å². The third-order valence-corrected chi connectivity index (χ3v) is 5.27. The number of hydrogen-bond donors (Lipinski definition) is 2. The maximum Gasteiger partial charge on any atom is 0.522 e. The summed E-state index contributed by atoms with van der Waals surface area (Å²) in [7, 11) is 0. The molecule has 1 amide bonds. The summed E-state index contributed by atoms with van der Waals surface area (Å²) in [6.07, 6.45) is -3.81. The van der Waals surface area contributed by atoms with Crippen LogP contribution >= 0.6 is 0 Å². The van der Waals surface area contributed by atoms with Crippen molar-refractivity contribution in [1.82, 2.24) is 10.5 Å². The molecule has 1 aromatic heterocycles. The van der Waals surface area contributed by atoms with Crippen molar-refractivity contribution in [3.63, 3.8) is 0 Å². The molecule has 4 aliphatic carbocycles. The zero-order chi connectivity index (χ0) is 16.5. The van der Waals surface area contributed by atoms with E-state index in [1.54, 1.807) is 6.07 Å². The van der Waals surface area contributed by atoms with E-state index < -0.39 is 18.6 Å². The standard InChI is InChI=1S/C14H15F3N2O4/c15-14(16,17)22-8-1-7(2-8)9-3-10(23-19-9)12-4-13(5-12,6-12)18-11(20)21/h3,7-8,18H,1-2,4-6H2,(H,20,21). The van der Waals surface area contributed by atoms with Crippen molar-refractivity contribution in [1.29, 1.82) is 0 Å². The molecule has 9 heteroatoms. The Morgan fingerprint density at radius 1 is 1.39 bits per heavy atom. The SMILES string of the molecule is O=C(O)NC12CC(c3cc(C4CC(OC(F)(F)F)C4)no3)(C1)C2. The molecule has 0 aliphatic heterocycles. The summed E-state index contributed by atoms with van der Waals surface area (Å²) in [4.78, 5) is 10.7. The number of halogens is 3. The smallest absolute Gasteiger partial charge is 0.465 e. The van der Waals surface area contributed by atoms with Crippen molar-refractivity contribution in [2.75, 3.05) is 0 Å². The van der Waals surface area contributed by atoms with Crippen LogP contribution in [0.2, 0.25) is 0 Å². The van der Waals surface area contributed by atoms with E-state index >= 15 is 0 Å². The van der Waals surface area contributed by atoms with Gasteiger partial charge in [-0.1, -0.05) is 5.16 Å². The minimum absolute atomic E-state index is 0.0710. The van der Waals surface area contributed by atoms with Gasteiger partial charge in [0.05, 0.1) is 11.8 Å². The van der Waals surface area contributed by atoms with Crippen LogP contribution in [0.5, 0.6) is 0 Å². The van der Waals surface area contributed by atoms with Crippen LogP contribution in [0.4, 0.5) is 18.0 Å². The minimum Gasteiger partial charge on any atom is -0.465 e. The first-order valence-corrected chi connectivity index (χ1v) is 7.42. The predicted octanol–water partition coefficient (Wildman–Crippen LogP) is 2.90. The van der Waals surface area contributed by atoms with Crippen molar-refractivity contribution in [3.05, 3.63) is 17.5 Å². The molecule has 126 valence electrons. The van der Waals surface area contributed by atoms with E-state index in [4.69, 9.17) is 9.63 Å². The molecule has 2 N–H and O–H groups in total. The van der Waals surface area contributed by atoms with Gasteiger partial charge < -0.3 is 14.9 Å². The molecule has 1 heterocycles. The molecule has 4 saturated carbocycles. The Morgan fingerprint density at radius 3 is 2.61 bits per heavy atom. The van der Waals surface area contributed by atoms with Gasteiger partial charge in [0.2, 0.25) is 0 Å². The Morgan fingerprint density at radius 2 is 2.04 bits per heavy atom. The maximum atomic E-state index is 12.1. The average Bonchev–Trinajstić information content (AvgIpc) is 2.73. The fourth-order valence-corrected chi connectivity index (χ4v) is 4.23. The van der Waals surface area contributed by atoms with Gasteiger partial charge in [-0.05, 0) is 32.1 Å². The number of alkyl halides is 3. The fraction of sp³-hybridized carbons (Fsp3) is 0.714. The van der Waals surface area contributed by atoms with Crippen LogP contribution in [0.25, 0.3) is 0 Å². The number of nitrogens with zero attached hydrogens (tertiary/aromatic N) is 1. The van der Waals surface area contributed by atoms with E-state index in [2.05, 4.69) is 15.2 Å². The van der Waals surface area contributed by atoms with Gasteiger partial charge in [0.1, 0.15) is 5.76 Å². The predicted molar refractivity (Wildman–Crippen MR) is 68.8 cm³/mol. The lowest BCUT2D eigenvalue weighted by atomic mass is 9.38. The normalized spacial score (nSPS) is 38.2. The zero-order valence-electron chi connectivity index (χ0n) is 12.0. The summed E-state index contributed by atoms with van der Waals surface area (Å²) < 4.78 is 45.6. The van der Waals surface area contributed by atoms with Gasteiger partial charge in [-0.2, -0.15) is 0 Å². The largest absolute Gasteiger partial charge is 0.522 e. The van der Waals surface area contributed by atoms with Crippen molar-refractivity contribution in [2.45, 2.75) is 61.4 Å². The highest BCUT2D eigenvalue weighted by molar-refractivity contribution is 5.67. The van der Waals surface area contributed by atoms with Crippen molar-refractivity contribution >= 4 is 6.09 Å². The Balaban J connectivity index is 1.33. The average molecular weight is 332 g/mol. The van der Waals surface area contributed by atoms with Crippen molar-refractivity contribution in [3.8, 4) is 0 Å². The third kappa shape index (κ3) is 2.37. The second kappa shape index (κ2) is 4.40. The molecule has 2 bridgehead atoms. The van der Waals surface area contributed by atoms with Crippen LogP contribution < -0.4 is 5.32 Å². The number of nitrogens with one attached hydrogen (secondary N) is 1. The molecule has 0 saturated heterocycles. The molecule has 6 nitrogen and oxygen atoms in total. The summed E-state index contributed by atoms with van der Waals surface area (Å²) in [5, 5.41) is 15.3. The lowest BCUT2D eigenvalue weighted by Crippen LogP contribution is -2.76. The molecule has 0 spiro atoms. The van der Waals surface area contributed by atoms with Gasteiger partial charge >= 0.3 is 12.5 Å². The quantitative estimate of drug-likeness (QED) is 0.885. The first-order valence-electron chi connectivity index (χ1n) is 7.42. The summed E-state index contributed by atoms with van der Waals surface area (Å²) in [6, 6.07) is 1.80. The lowest BCUT2D eigenvalue weighted by Gasteiger charge is -2.68. The summed E-state index contributed by atoms with van der Waals surface area (Å²) in [6.45, 7) is 0. The Kier molecular flexibility index (Phi) is 2.83. The summed E-state index contributed by atoms with van der Waals surface area (Å²) in [5.41, 5.74) is 0.173. The number of carboxylic acid groups (broad SMARTS) is 1. The molecule has 0 atom stereocenters. The third-order valence-electron chi connectivity index (χ3n) is 5.27. The Bertz CT molecular complexity index is 631. The van der Waals surface area contributed by atoms with E-state index in [1.165, 1.54) is 0 Å². The van der Waals surface area contributed by atoms with Crippen LogP contribution in [0.15, 0.2) is 10.6 Å². The molecule has 1 aromatic rings. The second-order valence-electron chi connectivity index (χ2n) is 6.99. The van der Waals surface area contributed by atoms with Crippen LogP contribution in [-0.4, -0.2) is 34.4 Å². The molecule has 23 heavy (non-hydrogen) atoms. The first kappa shape index (κ1) is 14.8. The van der Waals surface area contributed by atoms with Crippen LogP contribution in [0.3, 0.4) is 0 Å². The van der Waals surface area contributed by atoms with E-state index in [0.29, 0.717) is 30.7 Å².